The zero-order chi connectivity index (χ0) is 19.4. The normalized spacial score (nSPS) is 17.7. The molecule has 1 atom stereocenters. The summed E-state index contributed by atoms with van der Waals surface area (Å²) in [6.45, 7) is 3.94. The lowest BCUT2D eigenvalue weighted by molar-refractivity contribution is -0.144. The number of hydrogen-bond acceptors (Lipinski definition) is 4. The number of esters is 1. The van der Waals surface area contributed by atoms with E-state index >= 15 is 0 Å². The maximum absolute atomic E-state index is 13.0. The fourth-order valence-electron chi connectivity index (χ4n) is 3.34. The standard InChI is InChI=1S/C23H22O4/c1-3-7-15-10-12-16(13-11-15)14-19-20(23(26)27-4-2)22(25)18-9-6-5-8-17(18)21(19)24/h5-6,8-14,20H,3-4,7H2,1-2H3/b19-14+/t20-/m1/s1. The van der Waals surface area contributed by atoms with Crippen molar-refractivity contribution >= 4 is 23.6 Å². The molecular formula is C23H22O4. The van der Waals surface area contributed by atoms with Gasteiger partial charge in [-0.15, -0.1) is 0 Å². The summed E-state index contributed by atoms with van der Waals surface area (Å²) < 4.78 is 5.08. The molecule has 0 saturated heterocycles. The summed E-state index contributed by atoms with van der Waals surface area (Å²) in [5.41, 5.74) is 2.76. The molecule has 138 valence electrons. The van der Waals surface area contributed by atoms with E-state index in [0.29, 0.717) is 5.56 Å². The molecule has 0 bridgehead atoms. The van der Waals surface area contributed by atoms with Crippen molar-refractivity contribution in [2.75, 3.05) is 6.61 Å². The number of Topliss-reactive ketones (excluding diaryl/α,β-unsaturated/α-hetero) is 2. The highest BCUT2D eigenvalue weighted by Gasteiger charge is 2.42. The average Bonchev–Trinajstić information content (AvgIpc) is 2.68. The molecule has 0 N–H and O–H groups in total. The molecule has 0 radical (unpaired) electrons. The Morgan fingerprint density at radius 1 is 1.00 bits per heavy atom. The molecule has 0 fully saturated rings. The molecule has 0 aromatic heterocycles. The van der Waals surface area contributed by atoms with Crippen molar-refractivity contribution in [3.8, 4) is 0 Å². The van der Waals surface area contributed by atoms with E-state index in [2.05, 4.69) is 6.92 Å². The van der Waals surface area contributed by atoms with Crippen LogP contribution in [0.1, 0.15) is 52.1 Å². The molecule has 1 aliphatic rings. The van der Waals surface area contributed by atoms with Crippen LogP contribution in [0.4, 0.5) is 0 Å². The van der Waals surface area contributed by atoms with Crippen molar-refractivity contribution in [1.29, 1.82) is 0 Å². The number of carbonyl (C=O) groups excluding carboxylic acids is 3. The second kappa shape index (κ2) is 8.12. The van der Waals surface area contributed by atoms with Crippen molar-refractivity contribution in [2.45, 2.75) is 26.7 Å². The van der Waals surface area contributed by atoms with Gasteiger partial charge in [0.25, 0.3) is 0 Å². The fourth-order valence-corrected chi connectivity index (χ4v) is 3.34. The van der Waals surface area contributed by atoms with Crippen molar-refractivity contribution in [3.05, 3.63) is 76.4 Å². The van der Waals surface area contributed by atoms with Gasteiger partial charge in [0.15, 0.2) is 11.6 Å². The molecule has 0 unspecified atom stereocenters. The van der Waals surface area contributed by atoms with Crippen molar-refractivity contribution in [1.82, 2.24) is 0 Å². The Morgan fingerprint density at radius 3 is 2.30 bits per heavy atom. The second-order valence-corrected chi connectivity index (χ2v) is 6.52. The van der Waals surface area contributed by atoms with Gasteiger partial charge in [-0.2, -0.15) is 0 Å². The number of rotatable bonds is 5. The van der Waals surface area contributed by atoms with Crippen molar-refractivity contribution < 1.29 is 19.1 Å². The van der Waals surface area contributed by atoms with Gasteiger partial charge in [-0.25, -0.2) is 0 Å². The van der Waals surface area contributed by atoms with E-state index in [4.69, 9.17) is 4.74 Å². The van der Waals surface area contributed by atoms with Crippen LogP contribution < -0.4 is 0 Å². The summed E-state index contributed by atoms with van der Waals surface area (Å²) >= 11 is 0. The third kappa shape index (κ3) is 3.75. The van der Waals surface area contributed by atoms with Gasteiger partial charge < -0.3 is 4.74 Å². The number of benzene rings is 2. The first-order valence-corrected chi connectivity index (χ1v) is 9.22. The average molecular weight is 362 g/mol. The molecule has 0 spiro atoms. The molecular weight excluding hydrogens is 340 g/mol. The lowest BCUT2D eigenvalue weighted by Gasteiger charge is -2.24. The van der Waals surface area contributed by atoms with Crippen LogP contribution in [0.5, 0.6) is 0 Å². The molecule has 3 rings (SSSR count). The minimum absolute atomic E-state index is 0.150. The third-order valence-electron chi connectivity index (χ3n) is 4.64. The molecule has 4 nitrogen and oxygen atoms in total. The van der Waals surface area contributed by atoms with E-state index in [1.807, 2.05) is 24.3 Å². The first kappa shape index (κ1) is 18.8. The summed E-state index contributed by atoms with van der Waals surface area (Å²) in [6.07, 6.45) is 3.66. The van der Waals surface area contributed by atoms with Crippen molar-refractivity contribution in [2.24, 2.45) is 5.92 Å². The van der Waals surface area contributed by atoms with E-state index in [-0.39, 0.29) is 23.5 Å². The monoisotopic (exact) mass is 362 g/mol. The molecule has 0 saturated carbocycles. The number of carbonyl (C=O) groups is 3. The van der Waals surface area contributed by atoms with Gasteiger partial charge in [0.2, 0.25) is 0 Å². The first-order valence-electron chi connectivity index (χ1n) is 9.22. The van der Waals surface area contributed by atoms with Gasteiger partial charge in [-0.1, -0.05) is 61.9 Å². The number of ether oxygens (including phenoxy) is 1. The van der Waals surface area contributed by atoms with Gasteiger partial charge in [0, 0.05) is 16.7 Å². The fraction of sp³-hybridized carbons (Fsp3) is 0.261. The van der Waals surface area contributed by atoms with E-state index in [0.717, 1.165) is 18.4 Å². The number of fused-ring (bicyclic) bond motifs is 1. The molecule has 27 heavy (non-hydrogen) atoms. The zero-order valence-electron chi connectivity index (χ0n) is 15.5. The van der Waals surface area contributed by atoms with Crippen LogP contribution in [0, 0.1) is 5.92 Å². The predicted octanol–water partition coefficient (Wildman–Crippen LogP) is 4.28. The Bertz CT molecular complexity index is 906. The second-order valence-electron chi connectivity index (χ2n) is 6.52. The summed E-state index contributed by atoms with van der Waals surface area (Å²) in [5.74, 6) is -2.60. The summed E-state index contributed by atoms with van der Waals surface area (Å²) in [6, 6.07) is 14.4. The largest absolute Gasteiger partial charge is 0.465 e. The smallest absolute Gasteiger partial charge is 0.321 e. The first-order chi connectivity index (χ1) is 13.1. The molecule has 0 amide bonds. The lowest BCUT2D eigenvalue weighted by Crippen LogP contribution is -2.36. The molecule has 0 aliphatic heterocycles. The highest BCUT2D eigenvalue weighted by molar-refractivity contribution is 6.29. The van der Waals surface area contributed by atoms with E-state index in [1.54, 1.807) is 37.3 Å². The Hall–Kier alpha value is -3.01. The lowest BCUT2D eigenvalue weighted by atomic mass is 9.77. The van der Waals surface area contributed by atoms with Crippen LogP contribution in [-0.2, 0) is 16.0 Å². The third-order valence-corrected chi connectivity index (χ3v) is 4.64. The van der Waals surface area contributed by atoms with Gasteiger partial charge in [-0.3, -0.25) is 14.4 Å². The maximum Gasteiger partial charge on any atom is 0.321 e. The van der Waals surface area contributed by atoms with Crippen LogP contribution in [0.3, 0.4) is 0 Å². The van der Waals surface area contributed by atoms with Crippen LogP contribution >= 0.6 is 0 Å². The number of ketones is 2. The maximum atomic E-state index is 13.0. The summed E-state index contributed by atoms with van der Waals surface area (Å²) in [5, 5.41) is 0. The molecule has 2 aromatic rings. The Balaban J connectivity index is 2.07. The van der Waals surface area contributed by atoms with Gasteiger partial charge in [-0.05, 0) is 30.5 Å². The quantitative estimate of drug-likeness (QED) is 0.452. The van der Waals surface area contributed by atoms with E-state index in [9.17, 15) is 14.4 Å². The topological polar surface area (TPSA) is 60.4 Å². The Morgan fingerprint density at radius 2 is 1.67 bits per heavy atom. The summed E-state index contributed by atoms with van der Waals surface area (Å²) in [4.78, 5) is 38.4. The van der Waals surface area contributed by atoms with Gasteiger partial charge in [0.1, 0.15) is 5.92 Å². The van der Waals surface area contributed by atoms with Gasteiger partial charge in [0.05, 0.1) is 6.61 Å². The van der Waals surface area contributed by atoms with E-state index in [1.165, 1.54) is 5.56 Å². The predicted molar refractivity (Wildman–Crippen MR) is 104 cm³/mol. The van der Waals surface area contributed by atoms with Crippen molar-refractivity contribution in [3.63, 3.8) is 0 Å². The number of aryl methyl sites for hydroxylation is 1. The van der Waals surface area contributed by atoms with Crippen LogP contribution in [0.15, 0.2) is 54.1 Å². The molecule has 1 aliphatic carbocycles. The molecule has 0 heterocycles. The zero-order valence-corrected chi connectivity index (χ0v) is 15.5. The van der Waals surface area contributed by atoms with Crippen LogP contribution in [0.25, 0.3) is 6.08 Å². The Kier molecular flexibility index (Phi) is 5.65. The summed E-state index contributed by atoms with van der Waals surface area (Å²) in [7, 11) is 0. The Labute approximate surface area is 158 Å². The molecule has 4 heteroatoms. The van der Waals surface area contributed by atoms with Crippen LogP contribution in [-0.4, -0.2) is 24.1 Å². The SMILES string of the molecule is CCCc1ccc(/C=C2/C(=O)c3ccccc3C(=O)[C@@H]2C(=O)OCC)cc1. The van der Waals surface area contributed by atoms with Gasteiger partial charge >= 0.3 is 5.97 Å². The minimum atomic E-state index is -1.22. The molecule has 2 aromatic carbocycles. The highest BCUT2D eigenvalue weighted by Crippen LogP contribution is 2.32. The highest BCUT2D eigenvalue weighted by atomic mass is 16.5. The van der Waals surface area contributed by atoms with E-state index < -0.39 is 17.7 Å². The minimum Gasteiger partial charge on any atom is -0.465 e. The number of hydrogen-bond donors (Lipinski definition) is 0. The van der Waals surface area contributed by atoms with Crippen LogP contribution in [0.2, 0.25) is 0 Å².